The normalized spacial score (nSPS) is 16.8. The molecule has 0 aliphatic heterocycles. The van der Waals surface area contributed by atoms with Gasteiger partial charge in [0.05, 0.1) is 12.5 Å². The van der Waals surface area contributed by atoms with Crippen molar-refractivity contribution in [2.75, 3.05) is 0 Å². The van der Waals surface area contributed by atoms with Gasteiger partial charge in [0.2, 0.25) is 5.91 Å². The molecular weight excluding hydrogens is 309 g/mol. The average Bonchev–Trinajstić information content (AvgIpc) is 2.97. The molecule has 4 rings (SSSR count). The van der Waals surface area contributed by atoms with Crippen LogP contribution < -0.4 is 5.32 Å². The number of fused-ring (bicyclic) bond motifs is 2. The van der Waals surface area contributed by atoms with Crippen LogP contribution in [-0.4, -0.2) is 25.5 Å². The number of hydrogen-bond acceptors (Lipinski definition) is 4. The lowest BCUT2D eigenvalue weighted by molar-refractivity contribution is -0.121. The standard InChI is InChI=1S/C17H16FN5O/c18-12-6-1-4-11-5-2-7-13(16(11)12)20-15(24)10-14-21-17-19-8-3-9-23(17)22-14/h1,3-4,6,8-9,13H,2,5,7,10H2,(H,20,24). The average molecular weight is 325 g/mol. The van der Waals surface area contributed by atoms with Crippen molar-refractivity contribution in [2.24, 2.45) is 0 Å². The zero-order valence-electron chi connectivity index (χ0n) is 12.9. The predicted octanol–water partition coefficient (Wildman–Crippen LogP) is 2.00. The Morgan fingerprint density at radius 2 is 2.29 bits per heavy atom. The number of aryl methyl sites for hydroxylation is 1. The smallest absolute Gasteiger partial charge is 0.252 e. The number of nitrogens with zero attached hydrogens (tertiary/aromatic N) is 4. The maximum Gasteiger partial charge on any atom is 0.252 e. The van der Waals surface area contributed by atoms with Crippen molar-refractivity contribution in [1.29, 1.82) is 0 Å². The number of amides is 1. The van der Waals surface area contributed by atoms with Crippen molar-refractivity contribution in [1.82, 2.24) is 24.9 Å². The molecule has 1 aromatic carbocycles. The highest BCUT2D eigenvalue weighted by molar-refractivity contribution is 5.78. The van der Waals surface area contributed by atoms with Crippen LogP contribution in [0.25, 0.3) is 5.78 Å². The molecular formula is C17H16FN5O. The second-order valence-electron chi connectivity index (χ2n) is 5.89. The highest BCUT2D eigenvalue weighted by Crippen LogP contribution is 2.31. The maximum absolute atomic E-state index is 14.2. The number of aromatic nitrogens is 4. The van der Waals surface area contributed by atoms with E-state index < -0.39 is 0 Å². The first-order chi connectivity index (χ1) is 11.7. The van der Waals surface area contributed by atoms with Gasteiger partial charge in [-0.1, -0.05) is 12.1 Å². The molecule has 1 aliphatic carbocycles. The van der Waals surface area contributed by atoms with Gasteiger partial charge in [0.1, 0.15) is 5.82 Å². The van der Waals surface area contributed by atoms with Crippen LogP contribution in [0.3, 0.4) is 0 Å². The van der Waals surface area contributed by atoms with Gasteiger partial charge in [0.15, 0.2) is 5.82 Å². The SMILES string of the molecule is O=C(Cc1nc2ncccn2n1)NC1CCCc2cccc(F)c21. The number of halogens is 1. The summed E-state index contributed by atoms with van der Waals surface area (Å²) < 4.78 is 15.7. The van der Waals surface area contributed by atoms with E-state index in [9.17, 15) is 9.18 Å². The van der Waals surface area contributed by atoms with E-state index in [2.05, 4.69) is 20.4 Å². The lowest BCUT2D eigenvalue weighted by Crippen LogP contribution is -2.33. The van der Waals surface area contributed by atoms with Gasteiger partial charge in [-0.2, -0.15) is 4.98 Å². The molecule has 0 bridgehead atoms. The molecule has 24 heavy (non-hydrogen) atoms. The predicted molar refractivity (Wildman–Crippen MR) is 84.7 cm³/mol. The molecule has 1 aliphatic rings. The molecule has 1 amide bonds. The van der Waals surface area contributed by atoms with E-state index in [4.69, 9.17) is 0 Å². The molecule has 1 atom stereocenters. The summed E-state index contributed by atoms with van der Waals surface area (Å²) in [6.07, 6.45) is 5.90. The van der Waals surface area contributed by atoms with Crippen LogP contribution in [0.15, 0.2) is 36.7 Å². The summed E-state index contributed by atoms with van der Waals surface area (Å²) in [5.41, 5.74) is 1.59. The third kappa shape index (κ3) is 2.73. The number of carbonyl (C=O) groups is 1. The first kappa shape index (κ1) is 14.7. The Hall–Kier alpha value is -2.83. The zero-order chi connectivity index (χ0) is 16.5. The third-order valence-electron chi connectivity index (χ3n) is 4.24. The quantitative estimate of drug-likeness (QED) is 0.799. The van der Waals surface area contributed by atoms with E-state index in [-0.39, 0.29) is 24.2 Å². The fraction of sp³-hybridized carbons (Fsp3) is 0.294. The van der Waals surface area contributed by atoms with Crippen LogP contribution in [0, 0.1) is 5.82 Å². The fourth-order valence-corrected chi connectivity index (χ4v) is 3.21. The fourth-order valence-electron chi connectivity index (χ4n) is 3.21. The number of benzene rings is 1. The van der Waals surface area contributed by atoms with E-state index in [0.717, 1.165) is 24.8 Å². The van der Waals surface area contributed by atoms with E-state index in [1.165, 1.54) is 10.6 Å². The van der Waals surface area contributed by atoms with Gasteiger partial charge in [-0.05, 0) is 37.0 Å². The van der Waals surface area contributed by atoms with Crippen molar-refractivity contribution >= 4 is 11.7 Å². The summed E-state index contributed by atoms with van der Waals surface area (Å²) in [6.45, 7) is 0. The van der Waals surface area contributed by atoms with Crippen molar-refractivity contribution < 1.29 is 9.18 Å². The van der Waals surface area contributed by atoms with Crippen LogP contribution >= 0.6 is 0 Å². The minimum absolute atomic E-state index is 0.0453. The largest absolute Gasteiger partial charge is 0.349 e. The summed E-state index contributed by atoms with van der Waals surface area (Å²) in [4.78, 5) is 20.6. The summed E-state index contributed by atoms with van der Waals surface area (Å²) in [7, 11) is 0. The molecule has 0 saturated carbocycles. The van der Waals surface area contributed by atoms with Gasteiger partial charge in [-0.15, -0.1) is 5.10 Å². The Labute approximate surface area is 137 Å². The molecule has 122 valence electrons. The monoisotopic (exact) mass is 325 g/mol. The zero-order valence-corrected chi connectivity index (χ0v) is 12.9. The molecule has 0 fully saturated rings. The third-order valence-corrected chi connectivity index (χ3v) is 4.24. The van der Waals surface area contributed by atoms with Crippen LogP contribution in [0.4, 0.5) is 4.39 Å². The Balaban J connectivity index is 1.51. The van der Waals surface area contributed by atoms with Crippen molar-refractivity contribution in [3.05, 3.63) is 59.4 Å². The highest BCUT2D eigenvalue weighted by atomic mass is 19.1. The molecule has 0 radical (unpaired) electrons. The Morgan fingerprint density at radius 3 is 3.17 bits per heavy atom. The first-order valence-electron chi connectivity index (χ1n) is 7.93. The summed E-state index contributed by atoms with van der Waals surface area (Å²) >= 11 is 0. The second kappa shape index (κ2) is 5.99. The van der Waals surface area contributed by atoms with Crippen LogP contribution in [0.1, 0.15) is 35.8 Å². The lowest BCUT2D eigenvalue weighted by Gasteiger charge is -2.26. The van der Waals surface area contributed by atoms with E-state index in [1.807, 2.05) is 6.07 Å². The summed E-state index contributed by atoms with van der Waals surface area (Å²) in [6, 6.07) is 6.53. The summed E-state index contributed by atoms with van der Waals surface area (Å²) in [5, 5.41) is 7.14. The number of hydrogen-bond donors (Lipinski definition) is 1. The number of nitrogens with one attached hydrogen (secondary N) is 1. The molecule has 0 saturated heterocycles. The second-order valence-corrected chi connectivity index (χ2v) is 5.89. The van der Waals surface area contributed by atoms with Crippen molar-refractivity contribution in [2.45, 2.75) is 31.7 Å². The molecule has 7 heteroatoms. The van der Waals surface area contributed by atoms with E-state index >= 15 is 0 Å². The van der Waals surface area contributed by atoms with Gasteiger partial charge in [0, 0.05) is 18.0 Å². The van der Waals surface area contributed by atoms with Crippen LogP contribution in [0.5, 0.6) is 0 Å². The molecule has 1 N–H and O–H groups in total. The summed E-state index contributed by atoms with van der Waals surface area (Å²) in [5.74, 6) is 0.379. The van der Waals surface area contributed by atoms with E-state index in [1.54, 1.807) is 24.5 Å². The minimum atomic E-state index is -0.294. The molecule has 0 spiro atoms. The van der Waals surface area contributed by atoms with Crippen LogP contribution in [-0.2, 0) is 17.6 Å². The lowest BCUT2D eigenvalue weighted by atomic mass is 9.87. The maximum atomic E-state index is 14.2. The number of carbonyl (C=O) groups excluding carboxylic acids is 1. The molecule has 2 heterocycles. The van der Waals surface area contributed by atoms with Gasteiger partial charge in [-0.3, -0.25) is 4.79 Å². The van der Waals surface area contributed by atoms with Gasteiger partial charge in [-0.25, -0.2) is 13.9 Å². The van der Waals surface area contributed by atoms with Gasteiger partial charge >= 0.3 is 0 Å². The number of rotatable bonds is 3. The van der Waals surface area contributed by atoms with Crippen molar-refractivity contribution in [3.8, 4) is 0 Å². The van der Waals surface area contributed by atoms with E-state index in [0.29, 0.717) is 17.2 Å². The molecule has 6 nitrogen and oxygen atoms in total. The minimum Gasteiger partial charge on any atom is -0.349 e. The Kier molecular flexibility index (Phi) is 3.68. The topological polar surface area (TPSA) is 72.2 Å². The van der Waals surface area contributed by atoms with Crippen LogP contribution in [0.2, 0.25) is 0 Å². The molecule has 1 unspecified atom stereocenters. The first-order valence-corrected chi connectivity index (χ1v) is 7.93. The highest BCUT2D eigenvalue weighted by Gasteiger charge is 2.25. The van der Waals surface area contributed by atoms with Gasteiger partial charge in [0.25, 0.3) is 5.78 Å². The molecule has 3 aromatic rings. The Bertz CT molecular complexity index is 874. The van der Waals surface area contributed by atoms with Gasteiger partial charge < -0.3 is 5.32 Å². The Morgan fingerprint density at radius 1 is 1.38 bits per heavy atom. The van der Waals surface area contributed by atoms with Crippen molar-refractivity contribution in [3.63, 3.8) is 0 Å². The molecule has 2 aromatic heterocycles.